The van der Waals surface area contributed by atoms with E-state index in [1.165, 1.54) is 6.39 Å². The Bertz CT molecular complexity index is 550. The van der Waals surface area contributed by atoms with Crippen molar-refractivity contribution in [2.75, 3.05) is 18.5 Å². The molecule has 1 amide bonds. The highest BCUT2D eigenvalue weighted by Gasteiger charge is 2.14. The number of fused-ring (bicyclic) bond motifs is 1. The van der Waals surface area contributed by atoms with Crippen LogP contribution in [0.2, 0.25) is 0 Å². The third-order valence-electron chi connectivity index (χ3n) is 3.00. The van der Waals surface area contributed by atoms with Gasteiger partial charge in [0, 0.05) is 25.2 Å². The molecule has 0 saturated carbocycles. The van der Waals surface area contributed by atoms with Crippen LogP contribution in [0.5, 0.6) is 0 Å². The molecule has 5 heteroatoms. The number of hydrogen-bond acceptors (Lipinski definition) is 4. The van der Waals surface area contributed by atoms with Gasteiger partial charge < -0.3 is 15.1 Å². The minimum atomic E-state index is 0.0480. The maximum atomic E-state index is 12.0. The second-order valence-corrected chi connectivity index (χ2v) is 4.50. The van der Waals surface area contributed by atoms with Gasteiger partial charge in [0.25, 0.3) is 0 Å². The SMILES string of the molecule is CC(CN)CC(=O)N(C)c1ccc2ncoc2c1. The van der Waals surface area contributed by atoms with Crippen molar-refractivity contribution in [1.29, 1.82) is 0 Å². The molecule has 0 bridgehead atoms. The van der Waals surface area contributed by atoms with Crippen molar-refractivity contribution >= 4 is 22.7 Å². The second-order valence-electron chi connectivity index (χ2n) is 4.50. The number of aromatic nitrogens is 1. The summed E-state index contributed by atoms with van der Waals surface area (Å²) in [6.45, 7) is 2.48. The molecule has 5 nitrogen and oxygen atoms in total. The maximum absolute atomic E-state index is 12.0. The lowest BCUT2D eigenvalue weighted by molar-refractivity contribution is -0.119. The van der Waals surface area contributed by atoms with Gasteiger partial charge in [-0.05, 0) is 24.6 Å². The van der Waals surface area contributed by atoms with E-state index < -0.39 is 0 Å². The Kier molecular flexibility index (Phi) is 3.62. The summed E-state index contributed by atoms with van der Waals surface area (Å²) in [4.78, 5) is 17.7. The number of hydrogen-bond donors (Lipinski definition) is 1. The average Bonchev–Trinajstić information content (AvgIpc) is 2.84. The quantitative estimate of drug-likeness (QED) is 0.893. The summed E-state index contributed by atoms with van der Waals surface area (Å²) < 4.78 is 5.22. The van der Waals surface area contributed by atoms with Crippen molar-refractivity contribution < 1.29 is 9.21 Å². The normalized spacial score (nSPS) is 12.6. The van der Waals surface area contributed by atoms with Crippen molar-refractivity contribution in [3.8, 4) is 0 Å². The molecule has 1 aromatic heterocycles. The zero-order chi connectivity index (χ0) is 13.1. The first kappa shape index (κ1) is 12.6. The average molecular weight is 247 g/mol. The van der Waals surface area contributed by atoms with Gasteiger partial charge >= 0.3 is 0 Å². The summed E-state index contributed by atoms with van der Waals surface area (Å²) in [6, 6.07) is 5.51. The van der Waals surface area contributed by atoms with Gasteiger partial charge in [-0.25, -0.2) is 4.98 Å². The Morgan fingerprint density at radius 2 is 2.33 bits per heavy atom. The van der Waals surface area contributed by atoms with Crippen LogP contribution in [0.25, 0.3) is 11.1 Å². The van der Waals surface area contributed by atoms with E-state index in [9.17, 15) is 4.79 Å². The van der Waals surface area contributed by atoms with E-state index in [4.69, 9.17) is 10.2 Å². The Morgan fingerprint density at radius 3 is 3.06 bits per heavy atom. The van der Waals surface area contributed by atoms with Crippen LogP contribution in [0.4, 0.5) is 5.69 Å². The van der Waals surface area contributed by atoms with Gasteiger partial charge in [-0.3, -0.25) is 4.79 Å². The fraction of sp³-hybridized carbons (Fsp3) is 0.385. The highest BCUT2D eigenvalue weighted by Crippen LogP contribution is 2.21. The smallest absolute Gasteiger partial charge is 0.227 e. The van der Waals surface area contributed by atoms with Gasteiger partial charge in [0.2, 0.25) is 5.91 Å². The van der Waals surface area contributed by atoms with Crippen molar-refractivity contribution in [1.82, 2.24) is 4.98 Å². The van der Waals surface area contributed by atoms with Gasteiger partial charge in [-0.15, -0.1) is 0 Å². The van der Waals surface area contributed by atoms with Crippen LogP contribution in [-0.2, 0) is 4.79 Å². The molecule has 18 heavy (non-hydrogen) atoms. The molecule has 0 aliphatic heterocycles. The minimum absolute atomic E-state index is 0.0480. The summed E-state index contributed by atoms with van der Waals surface area (Å²) in [5.41, 5.74) is 7.79. The van der Waals surface area contributed by atoms with E-state index in [0.717, 1.165) is 11.2 Å². The zero-order valence-corrected chi connectivity index (χ0v) is 10.6. The van der Waals surface area contributed by atoms with E-state index in [2.05, 4.69) is 4.98 Å². The van der Waals surface area contributed by atoms with Gasteiger partial charge in [0.15, 0.2) is 12.0 Å². The predicted octanol–water partition coefficient (Wildman–Crippen LogP) is 1.78. The van der Waals surface area contributed by atoms with Gasteiger partial charge in [-0.2, -0.15) is 0 Å². The number of carbonyl (C=O) groups excluding carboxylic acids is 1. The monoisotopic (exact) mass is 247 g/mol. The maximum Gasteiger partial charge on any atom is 0.227 e. The summed E-state index contributed by atoms with van der Waals surface area (Å²) in [5, 5.41) is 0. The lowest BCUT2D eigenvalue weighted by Gasteiger charge is -2.19. The summed E-state index contributed by atoms with van der Waals surface area (Å²) in [6.07, 6.45) is 1.84. The third-order valence-corrected chi connectivity index (χ3v) is 3.00. The first-order valence-corrected chi connectivity index (χ1v) is 5.91. The zero-order valence-electron chi connectivity index (χ0n) is 10.6. The summed E-state index contributed by atoms with van der Waals surface area (Å²) in [7, 11) is 1.75. The van der Waals surface area contributed by atoms with E-state index in [-0.39, 0.29) is 11.8 Å². The number of oxazole rings is 1. The molecule has 2 N–H and O–H groups in total. The first-order valence-electron chi connectivity index (χ1n) is 5.91. The minimum Gasteiger partial charge on any atom is -0.443 e. The molecule has 1 atom stereocenters. The van der Waals surface area contributed by atoms with E-state index in [1.54, 1.807) is 11.9 Å². The van der Waals surface area contributed by atoms with Gasteiger partial charge in [-0.1, -0.05) is 6.92 Å². The van der Waals surface area contributed by atoms with Crippen LogP contribution >= 0.6 is 0 Å². The lowest BCUT2D eigenvalue weighted by atomic mass is 10.1. The van der Waals surface area contributed by atoms with Crippen molar-refractivity contribution in [2.45, 2.75) is 13.3 Å². The van der Waals surface area contributed by atoms with Crippen molar-refractivity contribution in [2.24, 2.45) is 11.7 Å². The Balaban J connectivity index is 2.16. The molecule has 2 rings (SSSR count). The number of nitrogens with zero attached hydrogens (tertiary/aromatic N) is 2. The van der Waals surface area contributed by atoms with Crippen LogP contribution in [0.3, 0.4) is 0 Å². The van der Waals surface area contributed by atoms with Crippen LogP contribution in [0.1, 0.15) is 13.3 Å². The highest BCUT2D eigenvalue weighted by molar-refractivity contribution is 5.94. The van der Waals surface area contributed by atoms with Gasteiger partial charge in [0.05, 0.1) is 0 Å². The van der Waals surface area contributed by atoms with Crippen LogP contribution in [0.15, 0.2) is 29.0 Å². The van der Waals surface area contributed by atoms with E-state index in [0.29, 0.717) is 18.5 Å². The Morgan fingerprint density at radius 1 is 1.56 bits per heavy atom. The van der Waals surface area contributed by atoms with Crippen molar-refractivity contribution in [3.63, 3.8) is 0 Å². The van der Waals surface area contributed by atoms with Crippen LogP contribution in [0, 0.1) is 5.92 Å². The molecule has 1 unspecified atom stereocenters. The molecule has 0 fully saturated rings. The fourth-order valence-electron chi connectivity index (χ4n) is 1.71. The predicted molar refractivity (Wildman–Crippen MR) is 70.3 cm³/mol. The molecule has 0 radical (unpaired) electrons. The molecule has 1 aromatic carbocycles. The van der Waals surface area contributed by atoms with Crippen LogP contribution < -0.4 is 10.6 Å². The van der Waals surface area contributed by atoms with Crippen molar-refractivity contribution in [3.05, 3.63) is 24.6 Å². The molecular weight excluding hydrogens is 230 g/mol. The molecule has 0 saturated heterocycles. The number of carbonyl (C=O) groups is 1. The molecule has 0 aliphatic carbocycles. The Hall–Kier alpha value is -1.88. The van der Waals surface area contributed by atoms with Crippen LogP contribution in [-0.4, -0.2) is 24.5 Å². The molecule has 96 valence electrons. The molecule has 0 spiro atoms. The molecule has 0 aliphatic rings. The summed E-state index contributed by atoms with van der Waals surface area (Å²) >= 11 is 0. The molecule has 2 aromatic rings. The topological polar surface area (TPSA) is 72.4 Å². The number of nitrogens with two attached hydrogens (primary N) is 1. The lowest BCUT2D eigenvalue weighted by Crippen LogP contribution is -2.29. The standard InChI is InChI=1S/C13H17N3O2/c1-9(7-14)5-13(17)16(2)10-3-4-11-12(6-10)18-8-15-11/h3-4,6,8-9H,5,7,14H2,1-2H3. The van der Waals surface area contributed by atoms with E-state index in [1.807, 2.05) is 25.1 Å². The Labute approximate surface area is 106 Å². The second kappa shape index (κ2) is 5.18. The largest absolute Gasteiger partial charge is 0.443 e. The third kappa shape index (κ3) is 2.51. The number of rotatable bonds is 4. The number of benzene rings is 1. The highest BCUT2D eigenvalue weighted by atomic mass is 16.3. The number of amides is 1. The van der Waals surface area contributed by atoms with Gasteiger partial charge in [0.1, 0.15) is 5.52 Å². The molecular formula is C13H17N3O2. The number of anilines is 1. The molecule has 1 heterocycles. The summed E-state index contributed by atoms with van der Waals surface area (Å²) in [5.74, 6) is 0.237. The fourth-order valence-corrected chi connectivity index (χ4v) is 1.71. The first-order chi connectivity index (χ1) is 8.61. The van der Waals surface area contributed by atoms with E-state index >= 15 is 0 Å².